The highest BCUT2D eigenvalue weighted by atomic mass is 14.8. The van der Waals surface area contributed by atoms with Crippen LogP contribution in [0.4, 0.5) is 0 Å². The summed E-state index contributed by atoms with van der Waals surface area (Å²) in [6.45, 7) is 5.62. The zero-order valence-electron chi connectivity index (χ0n) is 14.1. The van der Waals surface area contributed by atoms with E-state index in [0.717, 1.165) is 6.54 Å². The largest absolute Gasteiger partial charge is 0.319 e. The zero-order chi connectivity index (χ0) is 14.9. The fraction of sp³-hybridized carbons (Fsp3) is 0.700. The van der Waals surface area contributed by atoms with Gasteiger partial charge in [-0.15, -0.1) is 0 Å². The molecular formula is C20H31N. The van der Waals surface area contributed by atoms with E-state index in [2.05, 4.69) is 44.4 Å². The van der Waals surface area contributed by atoms with Crippen molar-refractivity contribution < 1.29 is 0 Å². The first-order chi connectivity index (χ1) is 10.1. The molecule has 0 radical (unpaired) electrons. The average Bonchev–Trinajstić information content (AvgIpc) is 2.62. The van der Waals surface area contributed by atoms with Gasteiger partial charge in [0.05, 0.1) is 0 Å². The number of hydrogen-bond donors (Lipinski definition) is 1. The van der Waals surface area contributed by atoms with Crippen molar-refractivity contribution in [3.05, 3.63) is 34.9 Å². The fourth-order valence-electron chi connectivity index (χ4n) is 5.27. The van der Waals surface area contributed by atoms with Crippen molar-refractivity contribution in [2.45, 2.75) is 70.6 Å². The molecule has 0 saturated heterocycles. The molecule has 0 heterocycles. The minimum atomic E-state index is 0.399. The molecule has 2 aliphatic carbocycles. The van der Waals surface area contributed by atoms with Crippen molar-refractivity contribution in [1.29, 1.82) is 0 Å². The number of nitrogens with one attached hydrogen (secondary N) is 1. The maximum absolute atomic E-state index is 3.49. The molecular weight excluding hydrogens is 254 g/mol. The predicted molar refractivity (Wildman–Crippen MR) is 90.9 cm³/mol. The molecule has 1 heteroatoms. The molecule has 2 saturated carbocycles. The number of likely N-dealkylation sites (N-methyl/N-ethyl adjacent to an activating group) is 1. The Morgan fingerprint density at radius 1 is 0.905 bits per heavy atom. The number of hydrogen-bond acceptors (Lipinski definition) is 1. The van der Waals surface area contributed by atoms with Crippen LogP contribution in [0, 0.1) is 19.3 Å². The van der Waals surface area contributed by atoms with E-state index in [0.29, 0.717) is 10.8 Å². The minimum absolute atomic E-state index is 0.399. The standard InChI is InChI=1S/C20H31N/c1-16-10-17(2)12-18(11-16)20(15-21-3)13-19(14-20)8-6-4-5-7-9-19/h10-12,21H,4-9,13-15H2,1-3H3. The zero-order valence-corrected chi connectivity index (χ0v) is 14.1. The number of benzene rings is 1. The summed E-state index contributed by atoms with van der Waals surface area (Å²) in [6, 6.07) is 7.18. The predicted octanol–water partition coefficient (Wildman–Crippen LogP) is 4.90. The van der Waals surface area contributed by atoms with Crippen molar-refractivity contribution in [1.82, 2.24) is 5.32 Å². The van der Waals surface area contributed by atoms with Gasteiger partial charge in [-0.3, -0.25) is 0 Å². The van der Waals surface area contributed by atoms with Crippen molar-refractivity contribution >= 4 is 0 Å². The van der Waals surface area contributed by atoms with Gasteiger partial charge < -0.3 is 5.32 Å². The topological polar surface area (TPSA) is 12.0 Å². The molecule has 1 spiro atoms. The van der Waals surface area contributed by atoms with Gasteiger partial charge in [-0.1, -0.05) is 55.0 Å². The first-order valence-corrected chi connectivity index (χ1v) is 8.81. The van der Waals surface area contributed by atoms with Crippen LogP contribution >= 0.6 is 0 Å². The molecule has 1 aromatic rings. The van der Waals surface area contributed by atoms with Gasteiger partial charge in [0.25, 0.3) is 0 Å². The second kappa shape index (κ2) is 5.76. The highest BCUT2D eigenvalue weighted by Gasteiger charge is 2.54. The lowest BCUT2D eigenvalue weighted by atomic mass is 9.48. The first kappa shape index (κ1) is 15.1. The van der Waals surface area contributed by atoms with E-state index in [4.69, 9.17) is 0 Å². The van der Waals surface area contributed by atoms with Crippen LogP contribution in [0.15, 0.2) is 18.2 Å². The second-order valence-electron chi connectivity index (χ2n) is 7.95. The van der Waals surface area contributed by atoms with Gasteiger partial charge in [-0.05, 0) is 57.6 Å². The van der Waals surface area contributed by atoms with Gasteiger partial charge >= 0.3 is 0 Å². The monoisotopic (exact) mass is 285 g/mol. The Morgan fingerprint density at radius 3 is 2.00 bits per heavy atom. The van der Waals surface area contributed by atoms with Gasteiger partial charge in [0, 0.05) is 12.0 Å². The Labute approximate surface area is 130 Å². The molecule has 0 amide bonds. The van der Waals surface area contributed by atoms with Gasteiger partial charge in [-0.2, -0.15) is 0 Å². The molecule has 1 N–H and O–H groups in total. The van der Waals surface area contributed by atoms with E-state index >= 15 is 0 Å². The third-order valence-electron chi connectivity index (χ3n) is 5.94. The SMILES string of the molecule is CNCC1(c2cc(C)cc(C)c2)CC2(CCCCCC2)C1. The third kappa shape index (κ3) is 2.90. The maximum atomic E-state index is 3.49. The summed E-state index contributed by atoms with van der Waals surface area (Å²) in [5.74, 6) is 0. The highest BCUT2D eigenvalue weighted by molar-refractivity contribution is 5.37. The Morgan fingerprint density at radius 2 is 1.48 bits per heavy atom. The quantitative estimate of drug-likeness (QED) is 0.833. The molecule has 0 bridgehead atoms. The maximum Gasteiger partial charge on any atom is 0.00884 e. The lowest BCUT2D eigenvalue weighted by Gasteiger charge is -2.57. The Bertz CT molecular complexity index is 466. The molecule has 0 aromatic heterocycles. The number of aryl methyl sites for hydroxylation is 2. The Hall–Kier alpha value is -0.820. The normalized spacial score (nSPS) is 23.6. The van der Waals surface area contributed by atoms with Crippen LogP contribution in [0.5, 0.6) is 0 Å². The van der Waals surface area contributed by atoms with E-state index in [9.17, 15) is 0 Å². The van der Waals surface area contributed by atoms with E-state index in [1.54, 1.807) is 5.56 Å². The molecule has 3 rings (SSSR count). The third-order valence-corrected chi connectivity index (χ3v) is 5.94. The van der Waals surface area contributed by atoms with E-state index < -0.39 is 0 Å². The van der Waals surface area contributed by atoms with Crippen LogP contribution in [0.1, 0.15) is 68.1 Å². The molecule has 2 fully saturated rings. The lowest BCUT2D eigenvalue weighted by Crippen LogP contribution is -2.54. The fourth-order valence-corrected chi connectivity index (χ4v) is 5.27. The van der Waals surface area contributed by atoms with Crippen LogP contribution in [0.25, 0.3) is 0 Å². The second-order valence-corrected chi connectivity index (χ2v) is 7.95. The first-order valence-electron chi connectivity index (χ1n) is 8.81. The Kier molecular flexibility index (Phi) is 4.14. The lowest BCUT2D eigenvalue weighted by molar-refractivity contribution is 0.00715. The van der Waals surface area contributed by atoms with Gasteiger partial charge in [0.2, 0.25) is 0 Å². The van der Waals surface area contributed by atoms with Crippen LogP contribution in [-0.4, -0.2) is 13.6 Å². The summed E-state index contributed by atoms with van der Waals surface area (Å²) in [5.41, 5.74) is 5.50. The van der Waals surface area contributed by atoms with Gasteiger partial charge in [0.1, 0.15) is 0 Å². The van der Waals surface area contributed by atoms with Gasteiger partial charge in [0.15, 0.2) is 0 Å². The summed E-state index contributed by atoms with van der Waals surface area (Å²) >= 11 is 0. The molecule has 0 atom stereocenters. The van der Waals surface area contributed by atoms with E-state index in [1.165, 1.54) is 62.5 Å². The van der Waals surface area contributed by atoms with Crippen LogP contribution in [0.2, 0.25) is 0 Å². The van der Waals surface area contributed by atoms with Crippen molar-refractivity contribution in [3.63, 3.8) is 0 Å². The van der Waals surface area contributed by atoms with Crippen molar-refractivity contribution in [3.8, 4) is 0 Å². The molecule has 0 unspecified atom stereocenters. The highest BCUT2D eigenvalue weighted by Crippen LogP contribution is 2.61. The molecule has 2 aliphatic rings. The molecule has 21 heavy (non-hydrogen) atoms. The summed E-state index contributed by atoms with van der Waals surface area (Å²) in [6.07, 6.45) is 11.6. The summed E-state index contributed by atoms with van der Waals surface area (Å²) in [4.78, 5) is 0. The Balaban J connectivity index is 1.85. The minimum Gasteiger partial charge on any atom is -0.319 e. The molecule has 1 nitrogen and oxygen atoms in total. The van der Waals surface area contributed by atoms with Crippen LogP contribution in [0.3, 0.4) is 0 Å². The number of rotatable bonds is 3. The average molecular weight is 285 g/mol. The van der Waals surface area contributed by atoms with E-state index in [1.807, 2.05) is 0 Å². The van der Waals surface area contributed by atoms with Crippen molar-refractivity contribution in [2.24, 2.45) is 5.41 Å². The van der Waals surface area contributed by atoms with Gasteiger partial charge in [-0.25, -0.2) is 0 Å². The van der Waals surface area contributed by atoms with Crippen molar-refractivity contribution in [2.75, 3.05) is 13.6 Å². The summed E-state index contributed by atoms with van der Waals surface area (Å²) < 4.78 is 0. The molecule has 116 valence electrons. The smallest absolute Gasteiger partial charge is 0.00884 e. The summed E-state index contributed by atoms with van der Waals surface area (Å²) in [7, 11) is 2.11. The van der Waals surface area contributed by atoms with Crippen LogP contribution in [-0.2, 0) is 5.41 Å². The molecule has 1 aromatic carbocycles. The van der Waals surface area contributed by atoms with Crippen LogP contribution < -0.4 is 5.32 Å². The summed E-state index contributed by atoms with van der Waals surface area (Å²) in [5, 5.41) is 3.49. The van der Waals surface area contributed by atoms with E-state index in [-0.39, 0.29) is 0 Å². The molecule has 0 aliphatic heterocycles.